The molecule has 1 aliphatic heterocycles. The van der Waals surface area contributed by atoms with Crippen LogP contribution in [0.3, 0.4) is 0 Å². The lowest BCUT2D eigenvalue weighted by atomic mass is 10.1. The number of nitrogens with one attached hydrogen (secondary N) is 2. The van der Waals surface area contributed by atoms with E-state index in [4.69, 9.17) is 11.6 Å². The lowest BCUT2D eigenvalue weighted by Crippen LogP contribution is -2.29. The summed E-state index contributed by atoms with van der Waals surface area (Å²) in [5, 5.41) is 3.38. The zero-order valence-electron chi connectivity index (χ0n) is 10.1. The molecule has 0 saturated heterocycles. The summed E-state index contributed by atoms with van der Waals surface area (Å²) in [6, 6.07) is 4.84. The van der Waals surface area contributed by atoms with Crippen LogP contribution in [0.15, 0.2) is 39.2 Å². The predicted molar refractivity (Wildman–Crippen MR) is 79.9 cm³/mol. The largest absolute Gasteiger partial charge is 0.313 e. The van der Waals surface area contributed by atoms with Crippen molar-refractivity contribution in [1.82, 2.24) is 10.0 Å². The van der Waals surface area contributed by atoms with Crippen molar-refractivity contribution in [1.29, 1.82) is 0 Å². The van der Waals surface area contributed by atoms with E-state index in [0.717, 1.165) is 25.1 Å². The first kappa shape index (κ1) is 15.0. The van der Waals surface area contributed by atoms with Crippen LogP contribution in [0, 0.1) is 0 Å². The third-order valence-corrected chi connectivity index (χ3v) is 5.70. The molecule has 0 aliphatic carbocycles. The fourth-order valence-electron chi connectivity index (χ4n) is 1.79. The molecule has 0 saturated carbocycles. The topological polar surface area (TPSA) is 58.2 Å². The van der Waals surface area contributed by atoms with Gasteiger partial charge in [-0.25, -0.2) is 13.1 Å². The summed E-state index contributed by atoms with van der Waals surface area (Å²) < 4.78 is 27.5. The minimum Gasteiger partial charge on any atom is -0.313 e. The van der Waals surface area contributed by atoms with E-state index in [1.165, 1.54) is 6.07 Å². The molecule has 0 amide bonds. The van der Waals surface area contributed by atoms with Crippen LogP contribution in [-0.2, 0) is 10.0 Å². The third-order valence-electron chi connectivity index (χ3n) is 2.85. The Labute approximate surface area is 126 Å². The molecule has 2 rings (SSSR count). The molecule has 7 heteroatoms. The van der Waals surface area contributed by atoms with E-state index in [1.807, 2.05) is 6.08 Å². The van der Waals surface area contributed by atoms with Gasteiger partial charge in [0, 0.05) is 17.6 Å². The highest BCUT2D eigenvalue weighted by Crippen LogP contribution is 2.29. The molecule has 1 aromatic rings. The summed E-state index contributed by atoms with van der Waals surface area (Å²) in [6.07, 6.45) is 2.86. The van der Waals surface area contributed by atoms with Gasteiger partial charge in [0.25, 0.3) is 0 Å². The molecule has 104 valence electrons. The Morgan fingerprint density at radius 3 is 2.89 bits per heavy atom. The Balaban J connectivity index is 2.14. The van der Waals surface area contributed by atoms with E-state index in [0.29, 0.717) is 11.0 Å². The van der Waals surface area contributed by atoms with E-state index in [2.05, 4.69) is 26.0 Å². The fraction of sp³-hybridized carbons (Fsp3) is 0.333. The van der Waals surface area contributed by atoms with Crippen molar-refractivity contribution < 1.29 is 8.42 Å². The second kappa shape index (κ2) is 6.37. The zero-order chi connectivity index (χ0) is 13.9. The van der Waals surface area contributed by atoms with Crippen LogP contribution in [0.1, 0.15) is 6.42 Å². The number of sulfonamides is 1. The SMILES string of the molecule is O=S(=O)(NCC1=CCNCC1)c1cccc(Br)c1Cl. The molecule has 0 aromatic heterocycles. The Kier molecular flexibility index (Phi) is 5.03. The second-order valence-electron chi connectivity index (χ2n) is 4.19. The van der Waals surface area contributed by atoms with Gasteiger partial charge in [-0.2, -0.15) is 0 Å². The van der Waals surface area contributed by atoms with Gasteiger partial charge in [0.1, 0.15) is 4.90 Å². The molecule has 0 spiro atoms. The molecule has 0 fully saturated rings. The Morgan fingerprint density at radius 2 is 2.21 bits per heavy atom. The van der Waals surface area contributed by atoms with Crippen LogP contribution in [0.25, 0.3) is 0 Å². The van der Waals surface area contributed by atoms with E-state index in [1.54, 1.807) is 12.1 Å². The van der Waals surface area contributed by atoms with Gasteiger partial charge in [0.15, 0.2) is 0 Å². The number of benzene rings is 1. The highest BCUT2D eigenvalue weighted by molar-refractivity contribution is 9.10. The molecule has 2 N–H and O–H groups in total. The first-order valence-electron chi connectivity index (χ1n) is 5.83. The van der Waals surface area contributed by atoms with E-state index in [-0.39, 0.29) is 9.92 Å². The maximum absolute atomic E-state index is 12.2. The molecule has 0 atom stereocenters. The van der Waals surface area contributed by atoms with Crippen LogP contribution >= 0.6 is 27.5 Å². The minimum atomic E-state index is -3.59. The highest BCUT2D eigenvalue weighted by Gasteiger charge is 2.19. The van der Waals surface area contributed by atoms with Crippen molar-refractivity contribution in [2.45, 2.75) is 11.3 Å². The monoisotopic (exact) mass is 364 g/mol. The summed E-state index contributed by atoms with van der Waals surface area (Å²) >= 11 is 9.23. The first-order valence-corrected chi connectivity index (χ1v) is 8.48. The maximum atomic E-state index is 12.2. The molecule has 1 aromatic carbocycles. The summed E-state index contributed by atoms with van der Waals surface area (Å²) in [4.78, 5) is 0.0954. The lowest BCUT2D eigenvalue weighted by Gasteiger charge is -2.15. The molecule has 4 nitrogen and oxygen atoms in total. The number of halogens is 2. The van der Waals surface area contributed by atoms with Crippen LogP contribution in [0.4, 0.5) is 0 Å². The van der Waals surface area contributed by atoms with Gasteiger partial charge in [-0.1, -0.05) is 29.3 Å². The van der Waals surface area contributed by atoms with Gasteiger partial charge in [-0.3, -0.25) is 0 Å². The van der Waals surface area contributed by atoms with Crippen LogP contribution in [0.5, 0.6) is 0 Å². The van der Waals surface area contributed by atoms with Crippen molar-refractivity contribution in [3.63, 3.8) is 0 Å². The highest BCUT2D eigenvalue weighted by atomic mass is 79.9. The molecule has 0 bridgehead atoms. The normalized spacial score (nSPS) is 16.2. The molecule has 19 heavy (non-hydrogen) atoms. The number of hydrogen-bond acceptors (Lipinski definition) is 3. The van der Waals surface area contributed by atoms with Crippen molar-refractivity contribution >= 4 is 37.6 Å². The number of rotatable bonds is 4. The average Bonchev–Trinajstić information content (AvgIpc) is 2.41. The molecular formula is C12H14BrClN2O2S. The van der Waals surface area contributed by atoms with Gasteiger partial charge in [0.2, 0.25) is 10.0 Å². The van der Waals surface area contributed by atoms with Crippen molar-refractivity contribution in [2.75, 3.05) is 19.6 Å². The van der Waals surface area contributed by atoms with Crippen molar-refractivity contribution in [3.8, 4) is 0 Å². The van der Waals surface area contributed by atoms with Gasteiger partial charge in [-0.15, -0.1) is 0 Å². The zero-order valence-corrected chi connectivity index (χ0v) is 13.3. The van der Waals surface area contributed by atoms with Gasteiger partial charge in [-0.05, 0) is 41.0 Å². The van der Waals surface area contributed by atoms with Crippen LogP contribution in [-0.4, -0.2) is 28.1 Å². The van der Waals surface area contributed by atoms with E-state index >= 15 is 0 Å². The van der Waals surface area contributed by atoms with Gasteiger partial charge < -0.3 is 5.32 Å². The van der Waals surface area contributed by atoms with Gasteiger partial charge in [0.05, 0.1) is 5.02 Å². The average molecular weight is 366 g/mol. The van der Waals surface area contributed by atoms with Crippen molar-refractivity contribution in [2.24, 2.45) is 0 Å². The summed E-state index contributed by atoms with van der Waals surface area (Å²) in [5.74, 6) is 0. The summed E-state index contributed by atoms with van der Waals surface area (Å²) in [5.41, 5.74) is 1.09. The molecule has 1 heterocycles. The molecule has 0 unspecified atom stereocenters. The lowest BCUT2D eigenvalue weighted by molar-refractivity contribution is 0.582. The van der Waals surface area contributed by atoms with E-state index in [9.17, 15) is 8.42 Å². The number of hydrogen-bond donors (Lipinski definition) is 2. The maximum Gasteiger partial charge on any atom is 0.242 e. The molecule has 1 aliphatic rings. The minimum absolute atomic E-state index is 0.0954. The van der Waals surface area contributed by atoms with Crippen LogP contribution < -0.4 is 10.0 Å². The molecular weight excluding hydrogens is 352 g/mol. The van der Waals surface area contributed by atoms with Gasteiger partial charge >= 0.3 is 0 Å². The quantitative estimate of drug-likeness (QED) is 0.805. The Hall–Kier alpha value is -0.400. The fourth-order valence-corrected chi connectivity index (χ4v) is 3.85. The molecule has 0 radical (unpaired) electrons. The predicted octanol–water partition coefficient (Wildman–Crippen LogP) is 2.30. The second-order valence-corrected chi connectivity index (χ2v) is 7.16. The van der Waals surface area contributed by atoms with E-state index < -0.39 is 10.0 Å². The summed E-state index contributed by atoms with van der Waals surface area (Å²) in [6.45, 7) is 1.99. The first-order chi connectivity index (χ1) is 9.00. The van der Waals surface area contributed by atoms with Crippen molar-refractivity contribution in [3.05, 3.63) is 39.3 Å². The Bertz CT molecular complexity index is 602. The standard InChI is InChI=1S/C12H14BrClN2O2S/c13-10-2-1-3-11(12(10)14)19(17,18)16-8-9-4-6-15-7-5-9/h1-4,15-16H,5-8H2. The third kappa shape index (κ3) is 3.79. The Morgan fingerprint density at radius 1 is 1.42 bits per heavy atom. The van der Waals surface area contributed by atoms with Crippen LogP contribution in [0.2, 0.25) is 5.02 Å². The smallest absolute Gasteiger partial charge is 0.242 e. The summed E-state index contributed by atoms with van der Waals surface area (Å²) in [7, 11) is -3.59.